The van der Waals surface area contributed by atoms with E-state index in [1.807, 2.05) is 24.3 Å². The van der Waals surface area contributed by atoms with E-state index in [9.17, 15) is 0 Å². The summed E-state index contributed by atoms with van der Waals surface area (Å²) in [4.78, 5) is 0. The van der Waals surface area contributed by atoms with Crippen molar-refractivity contribution in [3.8, 4) is 0 Å². The Labute approximate surface area is 52.5 Å². The molecule has 0 saturated carbocycles. The Kier molecular flexibility index (Phi) is 0.803. The lowest BCUT2D eigenvalue weighted by atomic mass is 10.3. The molecule has 2 rings (SSSR count). The molecular weight excluding hydrogens is 112 g/mol. The van der Waals surface area contributed by atoms with Crippen LogP contribution in [0.2, 0.25) is 0 Å². The molecule has 2 aromatic rings. The van der Waals surface area contributed by atoms with Crippen LogP contribution in [0, 0.1) is 6.20 Å². The van der Waals surface area contributed by atoms with Crippen LogP contribution in [0.1, 0.15) is 0 Å². The van der Waals surface area contributed by atoms with Crippen molar-refractivity contribution in [2.24, 2.45) is 0 Å². The average Bonchev–Trinajstić information content (AvgIpc) is 2.33. The van der Waals surface area contributed by atoms with Crippen molar-refractivity contribution in [2.45, 2.75) is 0 Å². The Bertz CT molecular complexity index is 281. The minimum atomic E-state index is 1.09. The minimum absolute atomic E-state index is 1.09. The monoisotopic (exact) mass is 118 g/mol. The minimum Gasteiger partial charge on any atom is -0.240 e. The number of hydrogen-bond donors (Lipinski definition) is 1. The van der Waals surface area contributed by atoms with Gasteiger partial charge in [0.15, 0.2) is 0 Å². The molecule has 1 aromatic carbocycles. The van der Waals surface area contributed by atoms with Crippen molar-refractivity contribution < 1.29 is 5.10 Å². The summed E-state index contributed by atoms with van der Waals surface area (Å²) in [5, 5.41) is 6.82. The van der Waals surface area contributed by atoms with Gasteiger partial charge in [-0.2, -0.15) is 11.2 Å². The van der Waals surface area contributed by atoms with E-state index in [4.69, 9.17) is 0 Å². The third-order valence-corrected chi connectivity index (χ3v) is 1.32. The largest absolute Gasteiger partial charge is 0.240 e. The Morgan fingerprint density at radius 1 is 1.33 bits per heavy atom. The van der Waals surface area contributed by atoms with E-state index in [0.29, 0.717) is 0 Å². The summed E-state index contributed by atoms with van der Waals surface area (Å²) >= 11 is 0. The highest BCUT2D eigenvalue weighted by Crippen LogP contribution is 2.03. The second kappa shape index (κ2) is 1.58. The number of hydrogen-bond acceptors (Lipinski definition) is 0. The highest BCUT2D eigenvalue weighted by Gasteiger charge is 1.85. The van der Waals surface area contributed by atoms with Crippen molar-refractivity contribution >= 4 is 10.9 Å². The van der Waals surface area contributed by atoms with E-state index in [2.05, 4.69) is 16.4 Å². The third-order valence-electron chi connectivity index (χ3n) is 1.32. The van der Waals surface area contributed by atoms with Gasteiger partial charge in [-0.05, 0) is 12.3 Å². The molecule has 0 bridgehead atoms. The fourth-order valence-electron chi connectivity index (χ4n) is 0.867. The summed E-state index contributed by atoms with van der Waals surface area (Å²) < 4.78 is 0. The molecule has 0 amide bonds. The lowest BCUT2D eigenvalue weighted by Crippen LogP contribution is -1.99. The Morgan fingerprint density at radius 3 is 3.11 bits per heavy atom. The second-order valence-electron chi connectivity index (χ2n) is 1.92. The highest BCUT2D eigenvalue weighted by molar-refractivity contribution is 5.73. The van der Waals surface area contributed by atoms with Crippen LogP contribution in [-0.2, 0) is 0 Å². The Hall–Kier alpha value is -1.31. The van der Waals surface area contributed by atoms with E-state index in [1.165, 1.54) is 0 Å². The van der Waals surface area contributed by atoms with Gasteiger partial charge in [0, 0.05) is 0 Å². The van der Waals surface area contributed by atoms with Crippen LogP contribution in [0.5, 0.6) is 0 Å². The molecule has 9 heavy (non-hydrogen) atoms. The first-order chi connectivity index (χ1) is 4.47. The summed E-state index contributed by atoms with van der Waals surface area (Å²) in [6, 6.07) is 7.98. The predicted molar refractivity (Wildman–Crippen MR) is 33.7 cm³/mol. The summed E-state index contributed by atoms with van der Waals surface area (Å²) in [6.07, 6.45) is 2.94. The van der Waals surface area contributed by atoms with Crippen molar-refractivity contribution in [1.82, 2.24) is 5.10 Å². The highest BCUT2D eigenvalue weighted by atomic mass is 15.1. The van der Waals surface area contributed by atoms with Gasteiger partial charge in [-0.15, -0.1) is 6.07 Å². The molecule has 0 atom stereocenters. The van der Waals surface area contributed by atoms with E-state index in [0.717, 1.165) is 10.9 Å². The Balaban J connectivity index is 2.95. The number of fused-ring (bicyclic) bond motifs is 1. The van der Waals surface area contributed by atoms with Gasteiger partial charge < -0.3 is 0 Å². The van der Waals surface area contributed by atoms with Gasteiger partial charge in [-0.25, -0.2) is 5.10 Å². The number of benzene rings is 1. The average molecular weight is 118 g/mol. The zero-order chi connectivity index (χ0) is 6.10. The molecule has 0 radical (unpaired) electrons. The van der Waals surface area contributed by atoms with Gasteiger partial charge >= 0.3 is 0 Å². The molecule has 0 saturated heterocycles. The van der Waals surface area contributed by atoms with Gasteiger partial charge in [0.2, 0.25) is 0 Å². The first kappa shape index (κ1) is 4.56. The molecule has 0 aliphatic carbocycles. The van der Waals surface area contributed by atoms with Gasteiger partial charge in [0.1, 0.15) is 5.52 Å². The first-order valence-electron chi connectivity index (χ1n) is 2.83. The maximum Gasteiger partial charge on any atom is 0.128 e. The quantitative estimate of drug-likeness (QED) is 0.495. The number of para-hydroxylation sites is 1. The maximum absolute atomic E-state index is 2.94. The molecule has 0 unspecified atom stereocenters. The van der Waals surface area contributed by atoms with Crippen LogP contribution in [0.15, 0.2) is 24.3 Å². The zero-order valence-corrected chi connectivity index (χ0v) is 4.81. The van der Waals surface area contributed by atoms with Crippen molar-refractivity contribution in [3.05, 3.63) is 30.5 Å². The lowest BCUT2D eigenvalue weighted by molar-refractivity contribution is -0.420. The van der Waals surface area contributed by atoms with Crippen LogP contribution in [-0.4, -0.2) is 5.10 Å². The van der Waals surface area contributed by atoms with E-state index >= 15 is 0 Å². The molecule has 0 aliphatic heterocycles. The van der Waals surface area contributed by atoms with Crippen molar-refractivity contribution in [3.63, 3.8) is 0 Å². The van der Waals surface area contributed by atoms with E-state index in [1.54, 1.807) is 0 Å². The van der Waals surface area contributed by atoms with Crippen molar-refractivity contribution in [2.75, 3.05) is 0 Å². The number of nitrogens with one attached hydrogen (secondary N) is 2. The molecule has 0 aliphatic rings. The summed E-state index contributed by atoms with van der Waals surface area (Å²) in [7, 11) is 0. The van der Waals surface area contributed by atoms with Crippen molar-refractivity contribution in [1.29, 1.82) is 0 Å². The molecular formula is C7H6N2. The molecule has 0 fully saturated rings. The fourth-order valence-corrected chi connectivity index (χ4v) is 0.867. The molecule has 2 N–H and O–H groups in total. The lowest BCUT2D eigenvalue weighted by Gasteiger charge is -1.84. The molecule has 1 aromatic heterocycles. The molecule has 1 heterocycles. The van der Waals surface area contributed by atoms with Crippen LogP contribution in [0.25, 0.3) is 10.9 Å². The van der Waals surface area contributed by atoms with Crippen LogP contribution in [0.3, 0.4) is 0 Å². The SMILES string of the molecule is [c-]1[nH][nH+]c2ccccc12. The maximum atomic E-state index is 2.94. The van der Waals surface area contributed by atoms with Gasteiger partial charge in [-0.1, -0.05) is 11.5 Å². The first-order valence-corrected chi connectivity index (χ1v) is 2.83. The number of H-pyrrole nitrogens is 2. The standard InChI is InChI=1S/C7H5N2/c1-2-4-7-6(3-1)5-8-9-7/h1-4H,(H,8,9)/q-1/p+1. The second-order valence-corrected chi connectivity index (χ2v) is 1.92. The smallest absolute Gasteiger partial charge is 0.128 e. The van der Waals surface area contributed by atoms with E-state index < -0.39 is 0 Å². The van der Waals surface area contributed by atoms with Crippen LogP contribution < -0.4 is 5.10 Å². The van der Waals surface area contributed by atoms with Gasteiger partial charge in [-0.3, -0.25) is 0 Å². The van der Waals surface area contributed by atoms with Gasteiger partial charge in [0.25, 0.3) is 0 Å². The van der Waals surface area contributed by atoms with Crippen LogP contribution in [0.4, 0.5) is 0 Å². The normalized spacial score (nSPS) is 10.2. The molecule has 44 valence electrons. The predicted octanol–water partition coefficient (Wildman–Crippen LogP) is 0.782. The molecule has 0 spiro atoms. The van der Waals surface area contributed by atoms with Crippen LogP contribution >= 0.6 is 0 Å². The Morgan fingerprint density at radius 2 is 2.22 bits per heavy atom. The number of aromatic nitrogens is 2. The number of aromatic amines is 2. The molecule has 2 heteroatoms. The zero-order valence-electron chi connectivity index (χ0n) is 4.81. The third kappa shape index (κ3) is 0.598. The van der Waals surface area contributed by atoms with Gasteiger partial charge in [0.05, 0.1) is 0 Å². The number of rotatable bonds is 0. The topological polar surface area (TPSA) is 29.9 Å². The molecule has 2 nitrogen and oxygen atoms in total. The summed E-state index contributed by atoms with van der Waals surface area (Å²) in [6.45, 7) is 0. The fraction of sp³-hybridized carbons (Fsp3) is 0. The van der Waals surface area contributed by atoms with E-state index in [-0.39, 0.29) is 0 Å². The summed E-state index contributed by atoms with van der Waals surface area (Å²) in [5.74, 6) is 0. The summed E-state index contributed by atoms with van der Waals surface area (Å²) in [5.41, 5.74) is 1.09.